The van der Waals surface area contributed by atoms with Crippen LogP contribution in [0.1, 0.15) is 24.5 Å². The molecule has 0 N–H and O–H groups in total. The van der Waals surface area contributed by atoms with Crippen LogP contribution in [-0.4, -0.2) is 0 Å². The quantitative estimate of drug-likeness (QED) is 0.155. The summed E-state index contributed by atoms with van der Waals surface area (Å²) in [7, 11) is 0. The number of aryl methyl sites for hydroxylation is 2. The fourth-order valence-electron chi connectivity index (χ4n) is 7.21. The van der Waals surface area contributed by atoms with Crippen LogP contribution >= 0.6 is 0 Å². The summed E-state index contributed by atoms with van der Waals surface area (Å²) >= 11 is 0. The Hall–Kier alpha value is -4.94. The molecule has 0 heteroatoms. The zero-order chi connectivity index (χ0) is 28.2. The molecular weight excluding hydrogens is 504 g/mol. The van der Waals surface area contributed by atoms with Gasteiger partial charge in [0, 0.05) is 0 Å². The van der Waals surface area contributed by atoms with E-state index < -0.39 is 0 Å². The van der Waals surface area contributed by atoms with Crippen LogP contribution in [0, 0.1) is 6.92 Å². The molecule has 0 saturated heterocycles. The Bertz CT molecular complexity index is 2320. The maximum absolute atomic E-state index is 2.40. The van der Waals surface area contributed by atoms with Crippen molar-refractivity contribution in [3.63, 3.8) is 0 Å². The van der Waals surface area contributed by atoms with Crippen molar-refractivity contribution in [3.8, 4) is 22.3 Å². The minimum atomic E-state index is 1.09. The molecule has 0 saturated carbocycles. The second kappa shape index (κ2) is 9.86. The fraction of sp³-hybridized carbons (Fsp3) is 0.0952. The highest BCUT2D eigenvalue weighted by Gasteiger charge is 2.16. The van der Waals surface area contributed by atoms with Gasteiger partial charge in [0.2, 0.25) is 0 Å². The lowest BCUT2D eigenvalue weighted by atomic mass is 9.86. The molecule has 0 fully saturated rings. The van der Waals surface area contributed by atoms with E-state index in [-0.39, 0.29) is 0 Å². The molecule has 0 radical (unpaired) electrons. The lowest BCUT2D eigenvalue weighted by molar-refractivity contribution is 0.937. The maximum atomic E-state index is 2.40. The van der Waals surface area contributed by atoms with Crippen LogP contribution < -0.4 is 0 Å². The fourth-order valence-corrected chi connectivity index (χ4v) is 7.21. The van der Waals surface area contributed by atoms with E-state index in [9.17, 15) is 0 Å². The summed E-state index contributed by atoms with van der Waals surface area (Å²) in [6, 6.07) is 49.8. The van der Waals surface area contributed by atoms with E-state index in [2.05, 4.69) is 147 Å². The number of hydrogen-bond acceptors (Lipinski definition) is 0. The Morgan fingerprint density at radius 1 is 0.381 bits per heavy atom. The molecule has 0 amide bonds. The Morgan fingerprint density at radius 2 is 0.881 bits per heavy atom. The minimum Gasteiger partial charge on any atom is -0.0651 e. The summed E-state index contributed by atoms with van der Waals surface area (Å²) < 4.78 is 0. The largest absolute Gasteiger partial charge is 0.0651 e. The number of hydrogen-bond donors (Lipinski definition) is 0. The van der Waals surface area contributed by atoms with E-state index in [1.54, 1.807) is 0 Å². The molecule has 0 unspecified atom stereocenters. The maximum Gasteiger partial charge on any atom is -0.00960 e. The van der Waals surface area contributed by atoms with Crippen LogP contribution in [0.5, 0.6) is 0 Å². The first-order valence-corrected chi connectivity index (χ1v) is 15.1. The first kappa shape index (κ1) is 24.8. The van der Waals surface area contributed by atoms with E-state index in [4.69, 9.17) is 0 Å². The molecule has 0 nitrogen and oxygen atoms in total. The number of benzene rings is 8. The molecule has 8 rings (SSSR count). The average molecular weight is 537 g/mol. The zero-order valence-corrected chi connectivity index (χ0v) is 24.1. The summed E-state index contributed by atoms with van der Waals surface area (Å²) in [6.07, 6.45) is 2.22. The Morgan fingerprint density at radius 3 is 1.57 bits per heavy atom. The molecule has 0 aliphatic heterocycles. The number of rotatable bonds is 4. The van der Waals surface area contributed by atoms with Gasteiger partial charge in [-0.1, -0.05) is 141 Å². The molecule has 200 valence electrons. The molecule has 8 aromatic carbocycles. The monoisotopic (exact) mass is 536 g/mol. The predicted octanol–water partition coefficient (Wildman–Crippen LogP) is 12.0. The Balaban J connectivity index is 1.39. The van der Waals surface area contributed by atoms with Gasteiger partial charge in [-0.25, -0.2) is 0 Å². The summed E-state index contributed by atoms with van der Waals surface area (Å²) in [5.41, 5.74) is 7.93. The lowest BCUT2D eigenvalue weighted by Crippen LogP contribution is -1.92. The summed E-state index contributed by atoms with van der Waals surface area (Å²) in [5.74, 6) is 0. The van der Waals surface area contributed by atoms with Crippen molar-refractivity contribution in [1.82, 2.24) is 0 Å². The van der Waals surface area contributed by atoms with Crippen molar-refractivity contribution in [3.05, 3.63) is 145 Å². The van der Waals surface area contributed by atoms with Gasteiger partial charge >= 0.3 is 0 Å². The molecule has 0 aromatic heterocycles. The van der Waals surface area contributed by atoms with Gasteiger partial charge in [0.1, 0.15) is 0 Å². The van der Waals surface area contributed by atoms with Crippen LogP contribution in [0.15, 0.2) is 133 Å². The SMILES string of the molecule is CCCc1c2ccccc2cc2c1ccc1c(-c3ccc(-c4ccc(C)c5ccccc45)c4ccccc34)cccc12. The topological polar surface area (TPSA) is 0 Å². The van der Waals surface area contributed by atoms with Crippen LogP contribution in [0.4, 0.5) is 0 Å². The molecule has 0 heterocycles. The predicted molar refractivity (Wildman–Crippen MR) is 184 cm³/mol. The van der Waals surface area contributed by atoms with Gasteiger partial charge in [0.05, 0.1) is 0 Å². The van der Waals surface area contributed by atoms with E-state index in [0.717, 1.165) is 12.8 Å². The molecule has 0 bridgehead atoms. The van der Waals surface area contributed by atoms with E-state index in [1.165, 1.54) is 87.2 Å². The molecule has 42 heavy (non-hydrogen) atoms. The van der Waals surface area contributed by atoms with Gasteiger partial charge in [-0.05, 0) is 107 Å². The van der Waals surface area contributed by atoms with Gasteiger partial charge < -0.3 is 0 Å². The summed E-state index contributed by atoms with van der Waals surface area (Å²) in [6.45, 7) is 4.48. The first-order valence-electron chi connectivity index (χ1n) is 15.1. The highest BCUT2D eigenvalue weighted by atomic mass is 14.2. The third-order valence-electron chi connectivity index (χ3n) is 9.16. The van der Waals surface area contributed by atoms with E-state index in [1.807, 2.05) is 0 Å². The standard InChI is InChI=1S/C42H32/c1-3-11-31-30-14-5-4-12-28(30)26-42-36-19-10-18-35(39(36)24-25-41(31)42)38-22-23-40(34-17-9-8-16-33(34)38)37-21-20-27(2)29-13-6-7-15-32(29)37/h4-10,12-26H,3,11H2,1-2H3. The third-order valence-corrected chi connectivity index (χ3v) is 9.16. The molecule has 0 aliphatic carbocycles. The van der Waals surface area contributed by atoms with Crippen LogP contribution in [0.3, 0.4) is 0 Å². The minimum absolute atomic E-state index is 1.09. The van der Waals surface area contributed by atoms with Crippen LogP contribution in [0.2, 0.25) is 0 Å². The second-order valence-electron chi connectivity index (χ2n) is 11.6. The molecule has 0 spiro atoms. The van der Waals surface area contributed by atoms with Gasteiger partial charge in [-0.3, -0.25) is 0 Å². The lowest BCUT2D eigenvalue weighted by Gasteiger charge is -2.17. The summed E-state index contributed by atoms with van der Waals surface area (Å²) in [4.78, 5) is 0. The van der Waals surface area contributed by atoms with E-state index in [0.29, 0.717) is 0 Å². The Kier molecular flexibility index (Phi) is 5.83. The first-order chi connectivity index (χ1) is 20.7. The Labute approximate surface area is 246 Å². The highest BCUT2D eigenvalue weighted by Crippen LogP contribution is 2.42. The molecule has 8 aromatic rings. The normalized spacial score (nSPS) is 11.8. The van der Waals surface area contributed by atoms with Gasteiger partial charge in [0.15, 0.2) is 0 Å². The van der Waals surface area contributed by atoms with Gasteiger partial charge in [-0.2, -0.15) is 0 Å². The van der Waals surface area contributed by atoms with Crippen LogP contribution in [-0.2, 0) is 6.42 Å². The molecule has 0 atom stereocenters. The van der Waals surface area contributed by atoms with Gasteiger partial charge in [-0.15, -0.1) is 0 Å². The van der Waals surface area contributed by atoms with Gasteiger partial charge in [0.25, 0.3) is 0 Å². The van der Waals surface area contributed by atoms with Crippen molar-refractivity contribution in [1.29, 1.82) is 0 Å². The van der Waals surface area contributed by atoms with E-state index >= 15 is 0 Å². The van der Waals surface area contributed by atoms with Crippen molar-refractivity contribution in [2.45, 2.75) is 26.7 Å². The molecule has 0 aliphatic rings. The smallest absolute Gasteiger partial charge is 0.00960 e. The van der Waals surface area contributed by atoms with Crippen molar-refractivity contribution in [2.75, 3.05) is 0 Å². The second-order valence-corrected chi connectivity index (χ2v) is 11.6. The van der Waals surface area contributed by atoms with Crippen LogP contribution in [0.25, 0.3) is 76.1 Å². The summed E-state index contributed by atoms with van der Waals surface area (Å²) in [5, 5.41) is 13.3. The third kappa shape index (κ3) is 3.76. The highest BCUT2D eigenvalue weighted by molar-refractivity contribution is 6.19. The van der Waals surface area contributed by atoms with Crippen molar-refractivity contribution in [2.24, 2.45) is 0 Å². The zero-order valence-electron chi connectivity index (χ0n) is 24.1. The number of fused-ring (bicyclic) bond motifs is 6. The van der Waals surface area contributed by atoms with Crippen molar-refractivity contribution >= 4 is 53.9 Å². The van der Waals surface area contributed by atoms with Crippen molar-refractivity contribution < 1.29 is 0 Å². The average Bonchev–Trinajstić information content (AvgIpc) is 3.04. The molecular formula is C42H32.